The van der Waals surface area contributed by atoms with Crippen LogP contribution in [0.5, 0.6) is 5.75 Å². The number of carbonyl (C=O) groups excluding carboxylic acids is 1. The molecule has 4 rings (SSSR count). The van der Waals surface area contributed by atoms with Gasteiger partial charge in [-0.05, 0) is 60.7 Å². The van der Waals surface area contributed by atoms with E-state index in [9.17, 15) is 4.79 Å². The zero-order valence-corrected chi connectivity index (χ0v) is 20.0. The minimum atomic E-state index is -0.00416. The number of hydrogen-bond acceptors (Lipinski definition) is 5. The molecule has 0 aliphatic heterocycles. The van der Waals surface area contributed by atoms with Crippen molar-refractivity contribution in [2.75, 3.05) is 18.6 Å². The fraction of sp³-hybridized carbons (Fsp3) is 0.385. The number of methoxy groups -OCH3 is 1. The lowest BCUT2D eigenvalue weighted by Crippen LogP contribution is -2.25. The van der Waals surface area contributed by atoms with Crippen LogP contribution >= 0.6 is 11.3 Å². The number of carbonyl (C=O) groups is 1. The van der Waals surface area contributed by atoms with Crippen LogP contribution < -0.4 is 15.0 Å². The highest BCUT2D eigenvalue weighted by molar-refractivity contribution is 7.13. The molecule has 168 valence electrons. The fourth-order valence-electron chi connectivity index (χ4n) is 3.37. The number of amides is 1. The second-order valence-electron chi connectivity index (χ2n) is 9.40. The molecule has 0 bridgehead atoms. The Labute approximate surface area is 194 Å². The van der Waals surface area contributed by atoms with Gasteiger partial charge >= 0.3 is 0 Å². The predicted molar refractivity (Wildman–Crippen MR) is 131 cm³/mol. The van der Waals surface area contributed by atoms with Crippen LogP contribution in [0.3, 0.4) is 0 Å². The summed E-state index contributed by atoms with van der Waals surface area (Å²) in [6.45, 7) is 7.98. The highest BCUT2D eigenvalue weighted by Crippen LogP contribution is 2.34. The van der Waals surface area contributed by atoms with Crippen molar-refractivity contribution in [2.45, 2.75) is 45.6 Å². The van der Waals surface area contributed by atoms with E-state index in [1.54, 1.807) is 18.4 Å². The molecular weight excluding hydrogens is 418 g/mol. The minimum absolute atomic E-state index is 0.00416. The van der Waals surface area contributed by atoms with Gasteiger partial charge in [-0.2, -0.15) is 0 Å². The number of aromatic nitrogens is 1. The Morgan fingerprint density at radius 1 is 1.12 bits per heavy atom. The third kappa shape index (κ3) is 5.49. The van der Waals surface area contributed by atoms with Gasteiger partial charge in [0, 0.05) is 28.6 Å². The normalized spacial score (nSPS) is 13.6. The van der Waals surface area contributed by atoms with Crippen LogP contribution in [-0.2, 0) is 12.0 Å². The van der Waals surface area contributed by atoms with Gasteiger partial charge < -0.3 is 15.0 Å². The lowest BCUT2D eigenvalue weighted by Gasteiger charge is -2.23. The molecule has 1 N–H and O–H groups in total. The number of nitrogens with zero attached hydrogens (tertiary/aromatic N) is 2. The van der Waals surface area contributed by atoms with Gasteiger partial charge in [-0.15, -0.1) is 11.3 Å². The van der Waals surface area contributed by atoms with Crippen LogP contribution in [0.2, 0.25) is 0 Å². The average Bonchev–Trinajstić information content (AvgIpc) is 3.48. The molecule has 1 heterocycles. The average molecular weight is 450 g/mol. The molecule has 1 aromatic heterocycles. The molecule has 1 amide bonds. The van der Waals surface area contributed by atoms with Crippen molar-refractivity contribution in [3.05, 3.63) is 70.7 Å². The second-order valence-corrected chi connectivity index (χ2v) is 10.2. The topological polar surface area (TPSA) is 54.5 Å². The molecule has 1 fully saturated rings. The summed E-state index contributed by atoms with van der Waals surface area (Å²) in [5.74, 6) is 1.50. The van der Waals surface area contributed by atoms with Gasteiger partial charge in [0.1, 0.15) is 5.75 Å². The molecule has 0 spiro atoms. The molecule has 6 heteroatoms. The number of rotatable bonds is 8. The monoisotopic (exact) mass is 449 g/mol. The molecule has 5 nitrogen and oxygen atoms in total. The summed E-state index contributed by atoms with van der Waals surface area (Å²) < 4.78 is 5.33. The van der Waals surface area contributed by atoms with Crippen molar-refractivity contribution in [1.29, 1.82) is 0 Å². The van der Waals surface area contributed by atoms with Crippen LogP contribution in [-0.4, -0.2) is 24.5 Å². The van der Waals surface area contributed by atoms with E-state index in [1.807, 2.05) is 36.4 Å². The summed E-state index contributed by atoms with van der Waals surface area (Å²) in [4.78, 5) is 19.5. The number of hydrogen-bond donors (Lipinski definition) is 1. The molecule has 0 atom stereocenters. The Hall–Kier alpha value is -2.86. The zero-order chi connectivity index (χ0) is 22.7. The van der Waals surface area contributed by atoms with Crippen LogP contribution in [0.25, 0.3) is 0 Å². The van der Waals surface area contributed by atoms with Crippen LogP contribution in [0.15, 0.2) is 53.9 Å². The number of nitrogens with one attached hydrogen (secondary N) is 1. The Bertz CT molecular complexity index is 1050. The van der Waals surface area contributed by atoms with Gasteiger partial charge in [0.05, 0.1) is 19.3 Å². The molecule has 32 heavy (non-hydrogen) atoms. The van der Waals surface area contributed by atoms with Crippen molar-refractivity contribution >= 4 is 28.1 Å². The summed E-state index contributed by atoms with van der Waals surface area (Å²) in [7, 11) is 1.67. The largest absolute Gasteiger partial charge is 0.497 e. The predicted octanol–water partition coefficient (Wildman–Crippen LogP) is 5.93. The Morgan fingerprint density at radius 2 is 1.81 bits per heavy atom. The molecule has 1 saturated carbocycles. The number of anilines is 2. The standard InChI is InChI=1S/C26H31N3O2S/c1-26(2,3)23-17-32-25(28-23)29(21-11-13-22(31-4)14-12-21)16-19-7-9-20(10-8-19)24(30)27-15-18-5-6-18/h7-14,17-18H,5-6,15-16H2,1-4H3,(H,27,30). The third-order valence-electron chi connectivity index (χ3n) is 5.68. The molecule has 1 aliphatic rings. The maximum atomic E-state index is 12.4. The van der Waals surface area contributed by atoms with E-state index in [2.05, 4.69) is 48.5 Å². The zero-order valence-electron chi connectivity index (χ0n) is 19.2. The number of ether oxygens (including phenoxy) is 1. The van der Waals surface area contributed by atoms with Crippen LogP contribution in [0.1, 0.15) is 55.2 Å². The van der Waals surface area contributed by atoms with Gasteiger partial charge in [0.15, 0.2) is 5.13 Å². The van der Waals surface area contributed by atoms with E-state index in [-0.39, 0.29) is 11.3 Å². The van der Waals surface area contributed by atoms with Gasteiger partial charge in [-0.25, -0.2) is 4.98 Å². The third-order valence-corrected chi connectivity index (χ3v) is 6.54. The minimum Gasteiger partial charge on any atom is -0.497 e. The Balaban J connectivity index is 1.55. The quantitative estimate of drug-likeness (QED) is 0.463. The first-order valence-corrected chi connectivity index (χ1v) is 12.0. The van der Waals surface area contributed by atoms with Crippen molar-refractivity contribution in [3.8, 4) is 5.75 Å². The highest BCUT2D eigenvalue weighted by atomic mass is 32.1. The smallest absolute Gasteiger partial charge is 0.251 e. The molecule has 0 unspecified atom stereocenters. The van der Waals surface area contributed by atoms with Gasteiger partial charge in [-0.3, -0.25) is 4.79 Å². The van der Waals surface area contributed by atoms with E-state index in [4.69, 9.17) is 9.72 Å². The summed E-state index contributed by atoms with van der Waals surface area (Å²) in [6.07, 6.45) is 2.46. The summed E-state index contributed by atoms with van der Waals surface area (Å²) in [6, 6.07) is 15.9. The van der Waals surface area contributed by atoms with Gasteiger partial charge in [0.2, 0.25) is 0 Å². The first-order chi connectivity index (χ1) is 15.3. The summed E-state index contributed by atoms with van der Waals surface area (Å²) >= 11 is 1.65. The summed E-state index contributed by atoms with van der Waals surface area (Å²) in [5.41, 5.74) is 3.95. The van der Waals surface area contributed by atoms with Crippen LogP contribution in [0.4, 0.5) is 10.8 Å². The molecular formula is C26H31N3O2S. The van der Waals surface area contributed by atoms with Crippen molar-refractivity contribution in [3.63, 3.8) is 0 Å². The molecule has 2 aromatic carbocycles. The van der Waals surface area contributed by atoms with Crippen molar-refractivity contribution < 1.29 is 9.53 Å². The Kier molecular flexibility index (Phi) is 6.51. The molecule has 0 saturated heterocycles. The van der Waals surface area contributed by atoms with Crippen molar-refractivity contribution in [1.82, 2.24) is 10.3 Å². The van der Waals surface area contributed by atoms with Crippen molar-refractivity contribution in [2.24, 2.45) is 5.92 Å². The first-order valence-electron chi connectivity index (χ1n) is 11.1. The highest BCUT2D eigenvalue weighted by Gasteiger charge is 2.23. The lowest BCUT2D eigenvalue weighted by molar-refractivity contribution is 0.0952. The fourth-order valence-corrected chi connectivity index (χ4v) is 4.44. The maximum Gasteiger partial charge on any atom is 0.251 e. The number of benzene rings is 2. The first kappa shape index (κ1) is 22.3. The van der Waals surface area contributed by atoms with Gasteiger partial charge in [-0.1, -0.05) is 32.9 Å². The van der Waals surface area contributed by atoms with E-state index < -0.39 is 0 Å². The molecule has 0 radical (unpaired) electrons. The summed E-state index contributed by atoms with van der Waals surface area (Å²) in [5, 5.41) is 6.12. The number of thiazole rings is 1. The maximum absolute atomic E-state index is 12.4. The van der Waals surface area contributed by atoms with E-state index in [1.165, 1.54) is 12.8 Å². The lowest BCUT2D eigenvalue weighted by atomic mass is 9.93. The Morgan fingerprint density at radius 3 is 2.38 bits per heavy atom. The van der Waals surface area contributed by atoms with E-state index in [0.717, 1.165) is 34.4 Å². The van der Waals surface area contributed by atoms with Gasteiger partial charge in [0.25, 0.3) is 5.91 Å². The van der Waals surface area contributed by atoms with Crippen LogP contribution in [0, 0.1) is 5.92 Å². The van der Waals surface area contributed by atoms with E-state index in [0.29, 0.717) is 18.0 Å². The second kappa shape index (κ2) is 9.33. The SMILES string of the molecule is COc1ccc(N(Cc2ccc(C(=O)NCC3CC3)cc2)c2nc(C(C)(C)C)cs2)cc1. The molecule has 1 aliphatic carbocycles. The molecule has 3 aromatic rings. The van der Waals surface area contributed by atoms with E-state index >= 15 is 0 Å².